The summed E-state index contributed by atoms with van der Waals surface area (Å²) in [6.07, 6.45) is 3.48. The number of hydrogen-bond donors (Lipinski definition) is 2. The van der Waals surface area contributed by atoms with Crippen molar-refractivity contribution in [3.8, 4) is 0 Å². The first-order valence-electron chi connectivity index (χ1n) is 13.8. The van der Waals surface area contributed by atoms with E-state index < -0.39 is 15.9 Å². The number of nitrogens with one attached hydrogen (secondary N) is 1. The summed E-state index contributed by atoms with van der Waals surface area (Å²) in [6.45, 7) is 0. The summed E-state index contributed by atoms with van der Waals surface area (Å²) in [4.78, 5) is 42.1. The molecule has 43 heavy (non-hydrogen) atoms. The number of sulfonamides is 1. The highest BCUT2D eigenvalue weighted by Gasteiger charge is 2.44. The Balaban J connectivity index is 1.38. The summed E-state index contributed by atoms with van der Waals surface area (Å²) in [5.41, 5.74) is 5.13. The van der Waals surface area contributed by atoms with Crippen LogP contribution in [-0.2, 0) is 19.6 Å². The molecule has 0 radical (unpaired) electrons. The van der Waals surface area contributed by atoms with Gasteiger partial charge in [-0.3, -0.25) is 14.4 Å². The van der Waals surface area contributed by atoms with Crippen molar-refractivity contribution in [2.24, 2.45) is 5.14 Å². The molecule has 220 valence electrons. The fraction of sp³-hybridized carbons (Fsp3) is 0.219. The highest BCUT2D eigenvalue weighted by atomic mass is 35.5. The number of nitrogens with two attached hydrogens (primary N) is 1. The molecule has 8 nitrogen and oxygen atoms in total. The predicted octanol–water partition coefficient (Wildman–Crippen LogP) is 6.51. The Morgan fingerprint density at radius 3 is 1.93 bits per heavy atom. The third kappa shape index (κ3) is 5.54. The van der Waals surface area contributed by atoms with Gasteiger partial charge in [0.25, 0.3) is 5.91 Å². The van der Waals surface area contributed by atoms with Crippen LogP contribution in [0.1, 0.15) is 60.4 Å². The molecule has 0 unspecified atom stereocenters. The van der Waals surface area contributed by atoms with Gasteiger partial charge in [-0.25, -0.2) is 13.6 Å². The lowest BCUT2D eigenvalue weighted by Crippen LogP contribution is -2.39. The van der Waals surface area contributed by atoms with Crippen LogP contribution in [0.2, 0.25) is 10.0 Å². The van der Waals surface area contributed by atoms with Gasteiger partial charge in [-0.15, -0.1) is 0 Å². The summed E-state index contributed by atoms with van der Waals surface area (Å²) in [5.74, 6) is -0.947. The number of carbonyl (C=O) groups is 3. The standard InChI is InChI=1S/C32H27Cl2N3O5S/c33-19-9-16-23(24(34)17-19)29-30-25(3-1-5-27(30)38)37(26-4-2-6-28(39)31(26)29)21-12-7-18(8-13-21)32(40)36-20-10-14-22(15-11-20)43(35,41)42/h7-17,29H,1-6H2,(H,36,40)(H2,35,41,42). The molecule has 0 spiro atoms. The Morgan fingerprint density at radius 1 is 0.814 bits per heavy atom. The van der Waals surface area contributed by atoms with Gasteiger partial charge in [0.2, 0.25) is 10.0 Å². The fourth-order valence-electron chi connectivity index (χ4n) is 6.17. The van der Waals surface area contributed by atoms with Crippen molar-refractivity contribution in [1.82, 2.24) is 0 Å². The van der Waals surface area contributed by atoms with E-state index in [0.29, 0.717) is 76.5 Å². The number of amides is 1. The van der Waals surface area contributed by atoms with Gasteiger partial charge >= 0.3 is 0 Å². The quantitative estimate of drug-likeness (QED) is 0.329. The third-order valence-corrected chi connectivity index (χ3v) is 9.57. The number of halogens is 2. The predicted molar refractivity (Wildman–Crippen MR) is 166 cm³/mol. The molecule has 6 rings (SSSR count). The summed E-state index contributed by atoms with van der Waals surface area (Å²) < 4.78 is 23.0. The van der Waals surface area contributed by atoms with E-state index in [9.17, 15) is 22.8 Å². The van der Waals surface area contributed by atoms with E-state index in [4.69, 9.17) is 28.3 Å². The van der Waals surface area contributed by atoms with Gasteiger partial charge in [0.15, 0.2) is 11.6 Å². The smallest absolute Gasteiger partial charge is 0.255 e. The number of hydrogen-bond acceptors (Lipinski definition) is 6. The average molecular weight is 637 g/mol. The lowest BCUT2D eigenvalue weighted by Gasteiger charge is -2.44. The van der Waals surface area contributed by atoms with Crippen molar-refractivity contribution in [3.05, 3.63) is 110 Å². The van der Waals surface area contributed by atoms with Crippen LogP contribution < -0.4 is 15.4 Å². The Morgan fingerprint density at radius 2 is 1.40 bits per heavy atom. The number of ketones is 2. The number of allylic oxidation sites excluding steroid dienone is 4. The van der Waals surface area contributed by atoms with E-state index in [0.717, 1.165) is 17.1 Å². The van der Waals surface area contributed by atoms with Crippen LogP contribution in [-0.4, -0.2) is 25.9 Å². The number of anilines is 2. The summed E-state index contributed by atoms with van der Waals surface area (Å²) in [7, 11) is -3.84. The Kier molecular flexibility index (Phi) is 7.76. The van der Waals surface area contributed by atoms with Crippen LogP contribution >= 0.6 is 23.2 Å². The number of rotatable bonds is 5. The van der Waals surface area contributed by atoms with E-state index in [1.54, 1.807) is 30.3 Å². The van der Waals surface area contributed by atoms with Gasteiger partial charge in [0, 0.05) is 68.3 Å². The zero-order chi connectivity index (χ0) is 30.5. The molecule has 0 saturated carbocycles. The number of nitrogens with zero attached hydrogens (tertiary/aromatic N) is 1. The maximum absolute atomic E-state index is 13.6. The normalized spacial score (nSPS) is 17.6. The van der Waals surface area contributed by atoms with Crippen LogP contribution in [0.5, 0.6) is 0 Å². The topological polar surface area (TPSA) is 127 Å². The molecule has 1 aliphatic heterocycles. The molecule has 3 aromatic carbocycles. The zero-order valence-corrected chi connectivity index (χ0v) is 25.2. The summed E-state index contributed by atoms with van der Waals surface area (Å²) in [6, 6.07) is 17.7. The van der Waals surface area contributed by atoms with E-state index in [-0.39, 0.29) is 22.4 Å². The van der Waals surface area contributed by atoms with Gasteiger partial charge in [-0.05, 0) is 91.9 Å². The van der Waals surface area contributed by atoms with Gasteiger partial charge in [0.05, 0.1) is 4.90 Å². The molecule has 3 N–H and O–H groups in total. The molecule has 2 aliphatic carbocycles. The molecule has 11 heteroatoms. The minimum Gasteiger partial charge on any atom is -0.322 e. The molecule has 3 aromatic rings. The van der Waals surface area contributed by atoms with Gasteiger partial charge < -0.3 is 10.2 Å². The first-order valence-corrected chi connectivity index (χ1v) is 16.1. The van der Waals surface area contributed by atoms with Crippen molar-refractivity contribution >= 4 is 62.1 Å². The largest absolute Gasteiger partial charge is 0.322 e. The second-order valence-corrected chi connectivity index (χ2v) is 13.2. The van der Waals surface area contributed by atoms with Gasteiger partial charge in [-0.2, -0.15) is 0 Å². The average Bonchev–Trinajstić information content (AvgIpc) is 2.97. The monoisotopic (exact) mass is 635 g/mol. The van der Waals surface area contributed by atoms with Gasteiger partial charge in [-0.1, -0.05) is 29.3 Å². The van der Waals surface area contributed by atoms with Crippen LogP contribution in [0.4, 0.5) is 11.4 Å². The molecule has 0 aromatic heterocycles. The SMILES string of the molecule is NS(=O)(=O)c1ccc(NC(=O)c2ccc(N3C4=C(C(=O)CCC4)C(c4ccc(Cl)cc4Cl)C4=C3CCCC4=O)cc2)cc1. The number of carbonyl (C=O) groups excluding carboxylic acids is 3. The Bertz CT molecular complexity index is 1800. The van der Waals surface area contributed by atoms with Crippen LogP contribution in [0.3, 0.4) is 0 Å². The number of Topliss-reactive ketones (excluding diaryl/α,β-unsaturated/α-hetero) is 2. The minimum absolute atomic E-state index is 0.00311. The first kappa shape index (κ1) is 29.3. The van der Waals surface area contributed by atoms with E-state index in [2.05, 4.69) is 5.32 Å². The van der Waals surface area contributed by atoms with Crippen LogP contribution in [0.25, 0.3) is 0 Å². The Hall–Kier alpha value is -3.76. The van der Waals surface area contributed by atoms with Crippen LogP contribution in [0.15, 0.2) is 94.2 Å². The highest BCUT2D eigenvalue weighted by molar-refractivity contribution is 7.89. The zero-order valence-electron chi connectivity index (χ0n) is 22.9. The summed E-state index contributed by atoms with van der Waals surface area (Å²) in [5, 5.41) is 8.79. The van der Waals surface area contributed by atoms with Gasteiger partial charge in [0.1, 0.15) is 0 Å². The molecule has 3 aliphatic rings. The molecule has 0 fully saturated rings. The number of primary sulfonamides is 1. The Labute approximate surface area is 259 Å². The summed E-state index contributed by atoms with van der Waals surface area (Å²) >= 11 is 12.9. The van der Waals surface area contributed by atoms with Crippen molar-refractivity contribution < 1.29 is 22.8 Å². The third-order valence-electron chi connectivity index (χ3n) is 8.08. The lowest BCUT2D eigenvalue weighted by molar-refractivity contribution is -0.116. The number of benzene rings is 3. The van der Waals surface area contributed by atoms with Crippen molar-refractivity contribution in [2.75, 3.05) is 10.2 Å². The molecule has 1 amide bonds. The molecule has 0 saturated heterocycles. The molecular formula is C32H27Cl2N3O5S. The van der Waals surface area contributed by atoms with E-state index in [1.165, 1.54) is 24.3 Å². The van der Waals surface area contributed by atoms with Crippen LogP contribution in [0, 0.1) is 0 Å². The highest BCUT2D eigenvalue weighted by Crippen LogP contribution is 2.51. The van der Waals surface area contributed by atoms with Crippen molar-refractivity contribution in [1.29, 1.82) is 0 Å². The van der Waals surface area contributed by atoms with Crippen molar-refractivity contribution in [2.45, 2.75) is 49.3 Å². The molecule has 0 atom stereocenters. The van der Waals surface area contributed by atoms with E-state index in [1.807, 2.05) is 17.0 Å². The first-order chi connectivity index (χ1) is 20.5. The second-order valence-electron chi connectivity index (χ2n) is 10.8. The minimum atomic E-state index is -3.84. The van der Waals surface area contributed by atoms with E-state index >= 15 is 0 Å². The molecular weight excluding hydrogens is 609 g/mol. The maximum atomic E-state index is 13.6. The lowest BCUT2D eigenvalue weighted by atomic mass is 9.71. The molecule has 1 heterocycles. The second kappa shape index (κ2) is 11.4. The fourth-order valence-corrected chi connectivity index (χ4v) is 7.20. The van der Waals surface area contributed by atoms with Crippen molar-refractivity contribution in [3.63, 3.8) is 0 Å². The molecule has 0 bridgehead atoms. The maximum Gasteiger partial charge on any atom is 0.255 e.